The second-order valence-corrected chi connectivity index (χ2v) is 3.68. The molecule has 2 N–H and O–H groups in total. The summed E-state index contributed by atoms with van der Waals surface area (Å²) in [5.41, 5.74) is 1.15. The molecule has 0 aliphatic carbocycles. The summed E-state index contributed by atoms with van der Waals surface area (Å²) in [5, 5.41) is 18.7. The van der Waals surface area contributed by atoms with Crippen molar-refractivity contribution < 1.29 is 10.2 Å². The number of pyridine rings is 1. The minimum Gasteiger partial charge on any atom is -0.389 e. The van der Waals surface area contributed by atoms with Crippen LogP contribution in [0.3, 0.4) is 0 Å². The first-order chi connectivity index (χ1) is 6.75. The molecule has 1 aliphatic rings. The zero-order chi connectivity index (χ0) is 9.97. The van der Waals surface area contributed by atoms with E-state index in [0.29, 0.717) is 13.1 Å². The van der Waals surface area contributed by atoms with Gasteiger partial charge in [-0.3, -0.25) is 9.88 Å². The molecular weight excluding hydrogens is 180 g/mol. The molecule has 0 spiro atoms. The van der Waals surface area contributed by atoms with Crippen molar-refractivity contribution in [3.63, 3.8) is 0 Å². The van der Waals surface area contributed by atoms with Gasteiger partial charge in [0, 0.05) is 32.0 Å². The highest BCUT2D eigenvalue weighted by atomic mass is 16.3. The lowest BCUT2D eigenvalue weighted by atomic mass is 10.2. The number of likely N-dealkylation sites (tertiary alicyclic amines) is 1. The van der Waals surface area contributed by atoms with Crippen molar-refractivity contribution in [1.29, 1.82) is 0 Å². The normalized spacial score (nSPS) is 28.1. The van der Waals surface area contributed by atoms with Gasteiger partial charge in [-0.2, -0.15) is 0 Å². The Morgan fingerprint density at radius 1 is 1.21 bits per heavy atom. The van der Waals surface area contributed by atoms with E-state index < -0.39 is 12.2 Å². The number of nitrogens with zero attached hydrogens (tertiary/aromatic N) is 2. The number of hydrogen-bond acceptors (Lipinski definition) is 4. The van der Waals surface area contributed by atoms with Crippen LogP contribution in [-0.4, -0.2) is 45.4 Å². The van der Waals surface area contributed by atoms with Crippen LogP contribution in [0, 0.1) is 0 Å². The number of hydrogen-bond donors (Lipinski definition) is 2. The molecule has 1 fully saturated rings. The molecule has 0 bridgehead atoms. The Morgan fingerprint density at radius 2 is 1.79 bits per heavy atom. The van der Waals surface area contributed by atoms with E-state index in [9.17, 15) is 10.2 Å². The fourth-order valence-corrected chi connectivity index (χ4v) is 1.72. The van der Waals surface area contributed by atoms with E-state index in [1.807, 2.05) is 17.0 Å². The average Bonchev–Trinajstić information content (AvgIpc) is 2.47. The summed E-state index contributed by atoms with van der Waals surface area (Å²) in [7, 11) is 0. The smallest absolute Gasteiger partial charge is 0.0938 e. The van der Waals surface area contributed by atoms with Crippen LogP contribution in [0.5, 0.6) is 0 Å². The van der Waals surface area contributed by atoms with Gasteiger partial charge < -0.3 is 10.2 Å². The number of rotatable bonds is 2. The summed E-state index contributed by atoms with van der Waals surface area (Å²) >= 11 is 0. The van der Waals surface area contributed by atoms with E-state index in [1.165, 1.54) is 0 Å². The highest BCUT2D eigenvalue weighted by molar-refractivity contribution is 5.09. The van der Waals surface area contributed by atoms with Gasteiger partial charge in [0.25, 0.3) is 0 Å². The van der Waals surface area contributed by atoms with Gasteiger partial charge in [-0.25, -0.2) is 0 Å². The van der Waals surface area contributed by atoms with Crippen molar-refractivity contribution in [2.75, 3.05) is 13.1 Å². The minimum atomic E-state index is -0.600. The Labute approximate surface area is 82.8 Å². The Kier molecular flexibility index (Phi) is 2.77. The van der Waals surface area contributed by atoms with E-state index in [0.717, 1.165) is 12.1 Å². The molecule has 4 heteroatoms. The van der Waals surface area contributed by atoms with Crippen LogP contribution in [0.4, 0.5) is 0 Å². The molecule has 1 saturated heterocycles. The molecule has 0 saturated carbocycles. The molecule has 2 unspecified atom stereocenters. The second-order valence-electron chi connectivity index (χ2n) is 3.68. The van der Waals surface area contributed by atoms with Gasteiger partial charge in [0.2, 0.25) is 0 Å². The predicted octanol–water partition coefficient (Wildman–Crippen LogP) is -0.381. The first kappa shape index (κ1) is 9.58. The largest absolute Gasteiger partial charge is 0.389 e. The zero-order valence-corrected chi connectivity index (χ0v) is 7.87. The van der Waals surface area contributed by atoms with Crippen molar-refractivity contribution in [2.45, 2.75) is 18.8 Å². The molecule has 2 heterocycles. The van der Waals surface area contributed by atoms with Crippen LogP contribution in [0.15, 0.2) is 24.5 Å². The monoisotopic (exact) mass is 194 g/mol. The van der Waals surface area contributed by atoms with E-state index in [-0.39, 0.29) is 0 Å². The van der Waals surface area contributed by atoms with Crippen LogP contribution in [0.2, 0.25) is 0 Å². The predicted molar refractivity (Wildman–Crippen MR) is 51.5 cm³/mol. The summed E-state index contributed by atoms with van der Waals surface area (Å²) in [6.45, 7) is 1.85. The van der Waals surface area contributed by atoms with E-state index in [4.69, 9.17) is 0 Å². The molecule has 2 rings (SSSR count). The van der Waals surface area contributed by atoms with E-state index >= 15 is 0 Å². The number of aliphatic hydroxyl groups is 2. The molecular formula is C10H14N2O2. The maximum absolute atomic E-state index is 9.34. The molecule has 1 aromatic heterocycles. The molecule has 4 nitrogen and oxygen atoms in total. The summed E-state index contributed by atoms with van der Waals surface area (Å²) in [5.74, 6) is 0. The Balaban J connectivity index is 1.94. The number of β-amino-alcohol motifs (C(OH)–C–C–N with tert-alkyl or cyclic N) is 2. The highest BCUT2D eigenvalue weighted by Gasteiger charge is 2.29. The minimum absolute atomic E-state index is 0.545. The Morgan fingerprint density at radius 3 is 2.36 bits per heavy atom. The fourth-order valence-electron chi connectivity index (χ4n) is 1.72. The average molecular weight is 194 g/mol. The van der Waals surface area contributed by atoms with E-state index in [2.05, 4.69) is 4.98 Å². The number of aromatic nitrogens is 1. The third-order valence-corrected chi connectivity index (χ3v) is 2.49. The molecule has 0 aromatic carbocycles. The summed E-state index contributed by atoms with van der Waals surface area (Å²) in [6, 6.07) is 3.88. The zero-order valence-electron chi connectivity index (χ0n) is 7.87. The molecule has 1 aromatic rings. The number of aliphatic hydroxyl groups excluding tert-OH is 2. The highest BCUT2D eigenvalue weighted by Crippen LogP contribution is 2.13. The van der Waals surface area contributed by atoms with Gasteiger partial charge in [0.15, 0.2) is 0 Å². The molecule has 76 valence electrons. The van der Waals surface area contributed by atoms with Gasteiger partial charge in [-0.05, 0) is 17.7 Å². The fraction of sp³-hybridized carbons (Fsp3) is 0.500. The molecule has 14 heavy (non-hydrogen) atoms. The molecule has 1 aliphatic heterocycles. The Bertz CT molecular complexity index is 281. The first-order valence-electron chi connectivity index (χ1n) is 4.73. The van der Waals surface area contributed by atoms with E-state index in [1.54, 1.807) is 12.4 Å². The van der Waals surface area contributed by atoms with Gasteiger partial charge in [0.1, 0.15) is 0 Å². The van der Waals surface area contributed by atoms with Gasteiger partial charge in [0.05, 0.1) is 12.2 Å². The summed E-state index contributed by atoms with van der Waals surface area (Å²) in [6.07, 6.45) is 2.30. The quantitative estimate of drug-likeness (QED) is 0.674. The topological polar surface area (TPSA) is 56.6 Å². The molecule has 0 amide bonds. The van der Waals surface area contributed by atoms with Crippen molar-refractivity contribution in [2.24, 2.45) is 0 Å². The SMILES string of the molecule is OC1CN(Cc2ccncc2)CC1O. The summed E-state index contributed by atoms with van der Waals surface area (Å²) in [4.78, 5) is 5.96. The van der Waals surface area contributed by atoms with Gasteiger partial charge in [-0.1, -0.05) is 0 Å². The third-order valence-electron chi connectivity index (χ3n) is 2.49. The van der Waals surface area contributed by atoms with Crippen molar-refractivity contribution in [3.8, 4) is 0 Å². The Hall–Kier alpha value is -0.970. The van der Waals surface area contributed by atoms with Crippen molar-refractivity contribution >= 4 is 0 Å². The van der Waals surface area contributed by atoms with Gasteiger partial charge in [-0.15, -0.1) is 0 Å². The van der Waals surface area contributed by atoms with Crippen LogP contribution >= 0.6 is 0 Å². The van der Waals surface area contributed by atoms with Crippen molar-refractivity contribution in [1.82, 2.24) is 9.88 Å². The van der Waals surface area contributed by atoms with Crippen LogP contribution < -0.4 is 0 Å². The van der Waals surface area contributed by atoms with Crippen molar-refractivity contribution in [3.05, 3.63) is 30.1 Å². The second kappa shape index (κ2) is 4.04. The molecule has 0 radical (unpaired) electrons. The third kappa shape index (κ3) is 2.09. The first-order valence-corrected chi connectivity index (χ1v) is 4.73. The maximum atomic E-state index is 9.34. The van der Waals surface area contributed by atoms with Crippen LogP contribution in [-0.2, 0) is 6.54 Å². The van der Waals surface area contributed by atoms with Gasteiger partial charge >= 0.3 is 0 Å². The van der Waals surface area contributed by atoms with Crippen LogP contribution in [0.1, 0.15) is 5.56 Å². The maximum Gasteiger partial charge on any atom is 0.0938 e. The van der Waals surface area contributed by atoms with Crippen LogP contribution in [0.25, 0.3) is 0 Å². The lowest BCUT2D eigenvalue weighted by Crippen LogP contribution is -2.22. The lowest BCUT2D eigenvalue weighted by molar-refractivity contribution is 0.0572. The molecule has 2 atom stereocenters. The lowest BCUT2D eigenvalue weighted by Gasteiger charge is -2.13. The summed E-state index contributed by atoms with van der Waals surface area (Å²) < 4.78 is 0. The standard InChI is InChI=1S/C10H14N2O2/c13-9-6-12(7-10(9)14)5-8-1-3-11-4-2-8/h1-4,9-10,13-14H,5-7H2.